The molecule has 0 aliphatic heterocycles. The van der Waals surface area contributed by atoms with Crippen molar-refractivity contribution in [3.05, 3.63) is 74.3 Å². The average molecular weight is 549 g/mol. The van der Waals surface area contributed by atoms with Crippen molar-refractivity contribution in [3.8, 4) is 40.1 Å². The van der Waals surface area contributed by atoms with Crippen LogP contribution in [0.3, 0.4) is 0 Å². The summed E-state index contributed by atoms with van der Waals surface area (Å²) in [4.78, 5) is 38.3. The maximum atomic E-state index is 13.3. The molecule has 0 spiro atoms. The van der Waals surface area contributed by atoms with Gasteiger partial charge in [-0.3, -0.25) is 18.7 Å². The van der Waals surface area contributed by atoms with Crippen molar-refractivity contribution >= 4 is 28.0 Å². The van der Waals surface area contributed by atoms with Crippen LogP contribution in [0.2, 0.25) is 0 Å². The highest BCUT2D eigenvalue weighted by atomic mass is 16.5. The van der Waals surface area contributed by atoms with Crippen molar-refractivity contribution in [3.63, 3.8) is 0 Å². The maximum Gasteiger partial charge on any atom is 0.328 e. The number of phenolic OH excluding ortho intramolecular Hbond substituents is 4. The van der Waals surface area contributed by atoms with E-state index in [2.05, 4.69) is 0 Å². The number of aryl methyl sites for hydroxylation is 2. The molecule has 5 N–H and O–H groups in total. The lowest BCUT2D eigenvalue weighted by Gasteiger charge is -2.21. The molecular formula is C28H24N2O10. The largest absolute Gasteiger partial charge is 0.507 e. The molecular weight excluding hydrogens is 524 g/mol. The summed E-state index contributed by atoms with van der Waals surface area (Å²) in [6, 6.07) is 9.32. The fourth-order valence-corrected chi connectivity index (χ4v) is 4.92. The Morgan fingerprint density at radius 1 is 0.875 bits per heavy atom. The van der Waals surface area contributed by atoms with E-state index >= 15 is 0 Å². The lowest BCUT2D eigenvalue weighted by Crippen LogP contribution is -2.19. The van der Waals surface area contributed by atoms with Crippen molar-refractivity contribution in [1.29, 1.82) is 0 Å². The van der Waals surface area contributed by atoms with E-state index in [0.717, 1.165) is 18.2 Å². The summed E-state index contributed by atoms with van der Waals surface area (Å²) in [6.07, 6.45) is -0.337. The van der Waals surface area contributed by atoms with Crippen LogP contribution in [0.15, 0.2) is 56.5 Å². The highest BCUT2D eigenvalue weighted by Gasteiger charge is 2.30. The summed E-state index contributed by atoms with van der Waals surface area (Å²) in [7, 11) is 4.38. The molecule has 40 heavy (non-hydrogen) atoms. The predicted octanol–water partition coefficient (Wildman–Crippen LogP) is 2.87. The molecule has 206 valence electrons. The van der Waals surface area contributed by atoms with Gasteiger partial charge < -0.3 is 34.7 Å². The smallest absolute Gasteiger partial charge is 0.328 e. The number of aromatic hydroxyl groups is 5. The molecule has 0 amide bonds. The minimum Gasteiger partial charge on any atom is -0.507 e. The van der Waals surface area contributed by atoms with Gasteiger partial charge in [0.15, 0.2) is 17.3 Å². The lowest BCUT2D eigenvalue weighted by atomic mass is 9.86. The van der Waals surface area contributed by atoms with Gasteiger partial charge in [-0.1, -0.05) is 6.07 Å². The summed E-state index contributed by atoms with van der Waals surface area (Å²) in [5.41, 5.74) is -0.135. The topological polar surface area (TPSA) is 185 Å². The highest BCUT2D eigenvalue weighted by Crippen LogP contribution is 2.45. The Labute approximate surface area is 224 Å². The zero-order chi connectivity index (χ0) is 29.0. The zero-order valence-corrected chi connectivity index (χ0v) is 21.5. The standard InChI is InChI=1S/C28H24N2O10/c1-29-15-6-4-12(8-16(15)30(2)28(29)38)14(10-21(35)39-3)22-19(33)11-20(34)23-24(36)25(37)26(40-27(22)23)13-5-7-17(31)18(32)9-13/h4-9,11,14,31-34,37H,10H2,1-3H3/t14-/m0/s1. The first-order valence-electron chi connectivity index (χ1n) is 11.9. The van der Waals surface area contributed by atoms with E-state index in [1.807, 2.05) is 0 Å². The molecule has 0 fully saturated rings. The van der Waals surface area contributed by atoms with E-state index in [4.69, 9.17) is 9.15 Å². The first kappa shape index (κ1) is 26.2. The maximum absolute atomic E-state index is 13.3. The van der Waals surface area contributed by atoms with Gasteiger partial charge in [-0.05, 0) is 35.9 Å². The SMILES string of the molecule is COC(=O)C[C@@H](c1ccc2c(c1)n(C)c(=O)n2C)c1c(O)cc(O)c2c(=O)c(O)c(-c3ccc(O)c(O)c3)oc12. The third-order valence-corrected chi connectivity index (χ3v) is 7.02. The second kappa shape index (κ2) is 9.42. The second-order valence-electron chi connectivity index (χ2n) is 9.33. The van der Waals surface area contributed by atoms with Gasteiger partial charge in [0, 0.05) is 37.2 Å². The first-order chi connectivity index (χ1) is 18.9. The van der Waals surface area contributed by atoms with Crippen LogP contribution in [-0.2, 0) is 23.6 Å². The van der Waals surface area contributed by atoms with Crippen molar-refractivity contribution in [1.82, 2.24) is 9.13 Å². The summed E-state index contributed by atoms with van der Waals surface area (Å²) in [5.74, 6) is -5.20. The fourth-order valence-electron chi connectivity index (χ4n) is 4.92. The van der Waals surface area contributed by atoms with Crippen LogP contribution in [0.1, 0.15) is 23.5 Å². The number of esters is 1. The number of benzene rings is 3. The van der Waals surface area contributed by atoms with Crippen LogP contribution in [0.5, 0.6) is 28.7 Å². The van der Waals surface area contributed by atoms with E-state index in [1.165, 1.54) is 22.3 Å². The van der Waals surface area contributed by atoms with Gasteiger partial charge >= 0.3 is 11.7 Å². The lowest BCUT2D eigenvalue weighted by molar-refractivity contribution is -0.140. The number of hydrogen-bond acceptors (Lipinski definition) is 10. The summed E-state index contributed by atoms with van der Waals surface area (Å²) in [6.45, 7) is 0. The van der Waals surface area contributed by atoms with E-state index in [-0.39, 0.29) is 28.8 Å². The van der Waals surface area contributed by atoms with Crippen molar-refractivity contribution in [2.45, 2.75) is 12.3 Å². The van der Waals surface area contributed by atoms with Gasteiger partial charge in [0.25, 0.3) is 0 Å². The van der Waals surface area contributed by atoms with Crippen LogP contribution in [0.25, 0.3) is 33.3 Å². The van der Waals surface area contributed by atoms with E-state index < -0.39 is 57.2 Å². The van der Waals surface area contributed by atoms with Gasteiger partial charge in [0.1, 0.15) is 22.5 Å². The third-order valence-electron chi connectivity index (χ3n) is 7.02. The normalized spacial score (nSPS) is 12.2. The molecule has 12 heteroatoms. The Morgan fingerprint density at radius 3 is 2.25 bits per heavy atom. The minimum atomic E-state index is -1.04. The average Bonchev–Trinajstić information content (AvgIpc) is 3.14. The second-order valence-corrected chi connectivity index (χ2v) is 9.33. The number of methoxy groups -OCH3 is 1. The number of rotatable bonds is 5. The van der Waals surface area contributed by atoms with E-state index in [0.29, 0.717) is 16.6 Å². The predicted molar refractivity (Wildman–Crippen MR) is 143 cm³/mol. The van der Waals surface area contributed by atoms with Crippen LogP contribution in [-0.4, -0.2) is 47.7 Å². The molecule has 5 rings (SSSR count). The molecule has 0 unspecified atom stereocenters. The number of imidazole rings is 1. The van der Waals surface area contributed by atoms with Crippen LogP contribution in [0, 0.1) is 0 Å². The number of aromatic nitrogens is 2. The van der Waals surface area contributed by atoms with E-state index in [9.17, 15) is 39.9 Å². The van der Waals surface area contributed by atoms with Gasteiger partial charge in [0.05, 0.1) is 24.6 Å². The molecule has 0 aliphatic rings. The number of fused-ring (bicyclic) bond motifs is 2. The molecule has 12 nitrogen and oxygen atoms in total. The quantitative estimate of drug-likeness (QED) is 0.162. The molecule has 0 saturated carbocycles. The number of nitrogens with zero attached hydrogens (tertiary/aromatic N) is 2. The Bertz CT molecular complexity index is 1970. The van der Waals surface area contributed by atoms with Crippen LogP contribution < -0.4 is 11.1 Å². The monoisotopic (exact) mass is 548 g/mol. The molecule has 0 bridgehead atoms. The van der Waals surface area contributed by atoms with Gasteiger partial charge in [-0.15, -0.1) is 0 Å². The number of hydrogen-bond donors (Lipinski definition) is 5. The summed E-state index contributed by atoms with van der Waals surface area (Å²) >= 11 is 0. The Balaban J connectivity index is 1.86. The van der Waals surface area contributed by atoms with Crippen LogP contribution >= 0.6 is 0 Å². The number of carbonyl (C=O) groups excluding carboxylic acids is 1. The molecule has 0 radical (unpaired) electrons. The van der Waals surface area contributed by atoms with Crippen LogP contribution in [0.4, 0.5) is 0 Å². The van der Waals surface area contributed by atoms with Gasteiger partial charge in [-0.25, -0.2) is 4.79 Å². The molecule has 0 aliphatic carbocycles. The summed E-state index contributed by atoms with van der Waals surface area (Å²) in [5, 5.41) is 51.5. The molecule has 5 aromatic rings. The van der Waals surface area contributed by atoms with Crippen molar-refractivity contribution in [2.75, 3.05) is 7.11 Å². The zero-order valence-electron chi connectivity index (χ0n) is 21.5. The Kier molecular flexibility index (Phi) is 6.17. The van der Waals surface area contributed by atoms with Gasteiger partial charge in [0.2, 0.25) is 11.2 Å². The fraction of sp³-hybridized carbons (Fsp3) is 0.179. The van der Waals surface area contributed by atoms with Crippen molar-refractivity contribution < 1.29 is 39.5 Å². The van der Waals surface area contributed by atoms with E-state index in [1.54, 1.807) is 32.3 Å². The number of phenols is 4. The van der Waals surface area contributed by atoms with Crippen molar-refractivity contribution in [2.24, 2.45) is 14.1 Å². The first-order valence-corrected chi connectivity index (χ1v) is 11.9. The Morgan fingerprint density at radius 2 is 1.57 bits per heavy atom. The molecule has 2 aromatic heterocycles. The minimum absolute atomic E-state index is 0.00538. The third kappa shape index (κ3) is 3.97. The number of carbonyl (C=O) groups is 1. The molecule has 3 aromatic carbocycles. The molecule has 1 atom stereocenters. The summed E-state index contributed by atoms with van der Waals surface area (Å²) < 4.78 is 13.7. The molecule has 2 heterocycles. The molecule has 0 saturated heterocycles. The Hall–Kier alpha value is -5.39. The number of ether oxygens (including phenoxy) is 1. The van der Waals surface area contributed by atoms with Gasteiger partial charge in [-0.2, -0.15) is 0 Å². The highest BCUT2D eigenvalue weighted by molar-refractivity contribution is 5.92.